The Morgan fingerprint density at radius 3 is 2.35 bits per heavy atom. The summed E-state index contributed by atoms with van der Waals surface area (Å²) in [5, 5.41) is 0. The maximum absolute atomic E-state index is 13.2. The zero-order valence-electron chi connectivity index (χ0n) is 16.2. The van der Waals surface area contributed by atoms with Crippen LogP contribution in [-0.4, -0.2) is 70.4 Å². The van der Waals surface area contributed by atoms with Gasteiger partial charge in [-0.3, -0.25) is 14.6 Å². The van der Waals surface area contributed by atoms with Gasteiger partial charge in [0.25, 0.3) is 0 Å². The maximum Gasteiger partial charge on any atom is 0.244 e. The molecule has 26 heavy (non-hydrogen) atoms. The van der Waals surface area contributed by atoms with Gasteiger partial charge in [0.05, 0.1) is 6.54 Å². The van der Waals surface area contributed by atoms with Crippen molar-refractivity contribution >= 4 is 5.91 Å². The number of likely N-dealkylation sites (N-methyl/N-ethyl adjacent to an activating group) is 1. The highest BCUT2D eigenvalue weighted by Crippen LogP contribution is 2.22. The Labute approximate surface area is 156 Å². The number of aromatic nitrogens is 2. The predicted molar refractivity (Wildman–Crippen MR) is 103 cm³/mol. The SMILES string of the molecule is Cc1ccc(C(C(=O)N2CCN(Cc3nccn3C)CC2)N(C)C)cc1. The van der Waals surface area contributed by atoms with Crippen LogP contribution in [0.4, 0.5) is 0 Å². The Hall–Kier alpha value is -2.18. The molecule has 1 saturated heterocycles. The quantitative estimate of drug-likeness (QED) is 0.819. The Morgan fingerprint density at radius 2 is 1.81 bits per heavy atom. The smallest absolute Gasteiger partial charge is 0.244 e. The summed E-state index contributed by atoms with van der Waals surface area (Å²) in [5.41, 5.74) is 2.27. The second-order valence-corrected chi connectivity index (χ2v) is 7.33. The molecule has 0 spiro atoms. The third-order valence-corrected chi connectivity index (χ3v) is 5.11. The van der Waals surface area contributed by atoms with Crippen LogP contribution in [0.5, 0.6) is 0 Å². The lowest BCUT2D eigenvalue weighted by Gasteiger charge is -2.37. The van der Waals surface area contributed by atoms with Gasteiger partial charge in [-0.15, -0.1) is 0 Å². The molecular weight excluding hydrogens is 326 g/mol. The molecule has 0 aliphatic carbocycles. The van der Waals surface area contributed by atoms with Gasteiger partial charge < -0.3 is 9.47 Å². The van der Waals surface area contributed by atoms with Crippen molar-refractivity contribution in [2.45, 2.75) is 19.5 Å². The predicted octanol–water partition coefficient (Wildman–Crippen LogP) is 1.68. The largest absolute Gasteiger partial charge is 0.338 e. The van der Waals surface area contributed by atoms with Gasteiger partial charge in [-0.25, -0.2) is 4.98 Å². The summed E-state index contributed by atoms with van der Waals surface area (Å²) in [5.74, 6) is 1.26. The number of rotatable bonds is 5. The summed E-state index contributed by atoms with van der Waals surface area (Å²) in [6.07, 6.45) is 3.80. The molecular formula is C20H29N5O. The summed E-state index contributed by atoms with van der Waals surface area (Å²) >= 11 is 0. The van der Waals surface area contributed by atoms with E-state index in [0.717, 1.165) is 44.1 Å². The van der Waals surface area contributed by atoms with E-state index in [1.165, 1.54) is 5.56 Å². The maximum atomic E-state index is 13.2. The first-order chi connectivity index (χ1) is 12.5. The minimum Gasteiger partial charge on any atom is -0.338 e. The molecule has 1 amide bonds. The highest BCUT2D eigenvalue weighted by molar-refractivity contribution is 5.83. The van der Waals surface area contributed by atoms with E-state index in [1.807, 2.05) is 43.3 Å². The van der Waals surface area contributed by atoms with Crippen LogP contribution in [-0.2, 0) is 18.4 Å². The topological polar surface area (TPSA) is 44.6 Å². The van der Waals surface area contributed by atoms with Crippen LogP contribution in [0.2, 0.25) is 0 Å². The number of piperazine rings is 1. The molecule has 140 valence electrons. The van der Waals surface area contributed by atoms with E-state index in [0.29, 0.717) is 0 Å². The van der Waals surface area contributed by atoms with Gasteiger partial charge in [0, 0.05) is 45.6 Å². The number of amides is 1. The van der Waals surface area contributed by atoms with Crippen molar-refractivity contribution in [2.24, 2.45) is 7.05 Å². The van der Waals surface area contributed by atoms with Crippen LogP contribution in [0.1, 0.15) is 23.0 Å². The second kappa shape index (κ2) is 8.01. The Balaban J connectivity index is 1.62. The lowest BCUT2D eigenvalue weighted by molar-refractivity contribution is -0.138. The molecule has 1 aliphatic rings. The molecule has 6 nitrogen and oxygen atoms in total. The normalized spacial score (nSPS) is 16.9. The fourth-order valence-corrected chi connectivity index (χ4v) is 3.46. The van der Waals surface area contributed by atoms with Crippen LogP contribution in [0.25, 0.3) is 0 Å². The van der Waals surface area contributed by atoms with Gasteiger partial charge in [-0.1, -0.05) is 29.8 Å². The molecule has 0 N–H and O–H groups in total. The molecule has 3 rings (SSSR count). The number of benzene rings is 1. The first-order valence-corrected chi connectivity index (χ1v) is 9.16. The fourth-order valence-electron chi connectivity index (χ4n) is 3.46. The van der Waals surface area contributed by atoms with E-state index in [2.05, 4.69) is 45.6 Å². The van der Waals surface area contributed by atoms with Crippen LogP contribution in [0.15, 0.2) is 36.7 Å². The molecule has 1 aromatic heterocycles. The van der Waals surface area contributed by atoms with Crippen LogP contribution in [0.3, 0.4) is 0 Å². The zero-order chi connectivity index (χ0) is 18.7. The first kappa shape index (κ1) is 18.6. The third-order valence-electron chi connectivity index (χ3n) is 5.11. The first-order valence-electron chi connectivity index (χ1n) is 9.16. The van der Waals surface area contributed by atoms with Crippen molar-refractivity contribution in [2.75, 3.05) is 40.3 Å². The van der Waals surface area contributed by atoms with Gasteiger partial charge in [-0.2, -0.15) is 0 Å². The minimum absolute atomic E-state index is 0.190. The molecule has 0 bridgehead atoms. The lowest BCUT2D eigenvalue weighted by atomic mass is 10.0. The highest BCUT2D eigenvalue weighted by Gasteiger charge is 2.30. The van der Waals surface area contributed by atoms with Gasteiger partial charge in [-0.05, 0) is 26.6 Å². The van der Waals surface area contributed by atoms with Crippen molar-refractivity contribution in [1.29, 1.82) is 0 Å². The van der Waals surface area contributed by atoms with Gasteiger partial charge >= 0.3 is 0 Å². The van der Waals surface area contributed by atoms with Crippen LogP contribution < -0.4 is 0 Å². The van der Waals surface area contributed by atoms with Crippen molar-refractivity contribution in [3.05, 3.63) is 53.6 Å². The number of nitrogens with zero attached hydrogens (tertiary/aromatic N) is 5. The van der Waals surface area contributed by atoms with Crippen molar-refractivity contribution in [1.82, 2.24) is 24.3 Å². The monoisotopic (exact) mass is 355 g/mol. The number of imidazole rings is 1. The summed E-state index contributed by atoms with van der Waals surface area (Å²) in [4.78, 5) is 23.9. The molecule has 1 aliphatic heterocycles. The van der Waals surface area contributed by atoms with Gasteiger partial charge in [0.2, 0.25) is 5.91 Å². The number of carbonyl (C=O) groups excluding carboxylic acids is 1. The summed E-state index contributed by atoms with van der Waals surface area (Å²) in [6, 6.07) is 8.05. The lowest BCUT2D eigenvalue weighted by Crippen LogP contribution is -2.51. The standard InChI is InChI=1S/C20H29N5O/c1-16-5-7-17(8-6-16)19(22(2)3)20(26)25-13-11-24(12-14-25)15-18-21-9-10-23(18)4/h5-10,19H,11-15H2,1-4H3. The Kier molecular flexibility index (Phi) is 5.74. The van der Waals surface area contributed by atoms with E-state index in [4.69, 9.17) is 0 Å². The van der Waals surface area contributed by atoms with Crippen LogP contribution in [0, 0.1) is 6.92 Å². The molecule has 1 unspecified atom stereocenters. The molecule has 2 aromatic rings. The average molecular weight is 355 g/mol. The Bertz CT molecular complexity index is 729. The van der Waals surface area contributed by atoms with E-state index in [9.17, 15) is 4.79 Å². The molecule has 1 aromatic carbocycles. The van der Waals surface area contributed by atoms with Crippen LogP contribution >= 0.6 is 0 Å². The zero-order valence-corrected chi connectivity index (χ0v) is 16.2. The summed E-state index contributed by atoms with van der Waals surface area (Å²) < 4.78 is 2.05. The average Bonchev–Trinajstić information content (AvgIpc) is 3.02. The molecule has 6 heteroatoms. The minimum atomic E-state index is -0.225. The fraction of sp³-hybridized carbons (Fsp3) is 0.500. The van der Waals surface area contributed by atoms with E-state index in [1.54, 1.807) is 0 Å². The number of hydrogen-bond acceptors (Lipinski definition) is 4. The van der Waals surface area contributed by atoms with E-state index >= 15 is 0 Å². The molecule has 0 saturated carbocycles. The molecule has 0 radical (unpaired) electrons. The number of carbonyl (C=O) groups is 1. The summed E-state index contributed by atoms with van der Waals surface area (Å²) in [6.45, 7) is 6.19. The molecule has 1 fully saturated rings. The number of aryl methyl sites for hydroxylation is 2. The molecule has 2 heterocycles. The molecule has 1 atom stereocenters. The van der Waals surface area contributed by atoms with Gasteiger partial charge in [0.1, 0.15) is 11.9 Å². The van der Waals surface area contributed by atoms with Crippen molar-refractivity contribution < 1.29 is 4.79 Å². The second-order valence-electron chi connectivity index (χ2n) is 7.33. The Morgan fingerprint density at radius 1 is 1.15 bits per heavy atom. The van der Waals surface area contributed by atoms with E-state index in [-0.39, 0.29) is 11.9 Å². The highest BCUT2D eigenvalue weighted by atomic mass is 16.2. The van der Waals surface area contributed by atoms with Crippen molar-refractivity contribution in [3.63, 3.8) is 0 Å². The third kappa shape index (κ3) is 4.14. The van der Waals surface area contributed by atoms with Gasteiger partial charge in [0.15, 0.2) is 0 Å². The van der Waals surface area contributed by atoms with E-state index < -0.39 is 0 Å². The summed E-state index contributed by atoms with van der Waals surface area (Å²) in [7, 11) is 5.96. The number of hydrogen-bond donors (Lipinski definition) is 0. The van der Waals surface area contributed by atoms with Crippen molar-refractivity contribution in [3.8, 4) is 0 Å².